The van der Waals surface area contributed by atoms with Gasteiger partial charge in [-0.2, -0.15) is 0 Å². The Kier molecular flexibility index (Phi) is 13.9. The van der Waals surface area contributed by atoms with E-state index in [9.17, 15) is 4.79 Å². The van der Waals surface area contributed by atoms with Crippen molar-refractivity contribution in [3.8, 4) is 0 Å². The summed E-state index contributed by atoms with van der Waals surface area (Å²) in [5.74, 6) is 0. The molecule has 0 amide bonds. The fraction of sp³-hybridized carbons (Fsp3) is 0.800. The molecule has 1 nitrogen and oxygen atoms in total. The van der Waals surface area contributed by atoms with Crippen molar-refractivity contribution < 1.29 is 4.79 Å². The summed E-state index contributed by atoms with van der Waals surface area (Å²) in [4.78, 5) is 10.1. The van der Waals surface area contributed by atoms with Crippen LogP contribution in [0, 0.1) is 0 Å². The van der Waals surface area contributed by atoms with Gasteiger partial charge in [0.15, 0.2) is 0 Å². The summed E-state index contributed by atoms with van der Waals surface area (Å²) in [6, 6.07) is 0. The van der Waals surface area contributed by atoms with Gasteiger partial charge in [-0.3, -0.25) is 0 Å². The third-order valence-corrected chi connectivity index (χ3v) is 2.83. The first kappa shape index (κ1) is 15.4. The second-order valence-corrected chi connectivity index (χ2v) is 4.48. The van der Waals surface area contributed by atoms with Gasteiger partial charge in [0.05, 0.1) is 0 Å². The molecule has 0 aromatic carbocycles. The summed E-state index contributed by atoms with van der Waals surface area (Å²) < 4.78 is 0. The third-order valence-electron chi connectivity index (χ3n) is 2.83. The van der Waals surface area contributed by atoms with E-state index in [-0.39, 0.29) is 0 Å². The highest BCUT2D eigenvalue weighted by Crippen LogP contribution is 2.07. The van der Waals surface area contributed by atoms with Crippen LogP contribution in [0.4, 0.5) is 0 Å². The van der Waals surface area contributed by atoms with E-state index in [0.29, 0.717) is 0 Å². The Morgan fingerprint density at radius 1 is 0.688 bits per heavy atom. The van der Waals surface area contributed by atoms with E-state index in [1.807, 2.05) is 0 Å². The van der Waals surface area contributed by atoms with Crippen LogP contribution in [-0.2, 0) is 4.79 Å². The molecular formula is C15H28O. The van der Waals surface area contributed by atoms with Crippen molar-refractivity contribution in [1.29, 1.82) is 0 Å². The van der Waals surface area contributed by atoms with Crippen LogP contribution in [-0.4, -0.2) is 6.29 Å². The molecule has 1 heteroatoms. The van der Waals surface area contributed by atoms with Crippen LogP contribution in [0.3, 0.4) is 0 Å². The molecule has 0 aliphatic carbocycles. The summed E-state index contributed by atoms with van der Waals surface area (Å²) in [6.45, 7) is 2.26. The van der Waals surface area contributed by atoms with E-state index in [1.165, 1.54) is 44.9 Å². The van der Waals surface area contributed by atoms with Gasteiger partial charge in [-0.1, -0.05) is 51.2 Å². The van der Waals surface area contributed by atoms with Crippen molar-refractivity contribution in [2.45, 2.75) is 77.6 Å². The largest absolute Gasteiger partial charge is 0.303 e. The maximum absolute atomic E-state index is 10.1. The molecule has 0 N–H and O–H groups in total. The minimum atomic E-state index is 0.727. The third kappa shape index (κ3) is 13.4. The zero-order valence-corrected chi connectivity index (χ0v) is 10.9. The molecule has 0 aromatic heterocycles. The van der Waals surface area contributed by atoms with Crippen LogP contribution in [0.1, 0.15) is 77.6 Å². The highest BCUT2D eigenvalue weighted by molar-refractivity contribution is 5.48. The average molecular weight is 224 g/mol. The molecule has 0 aliphatic rings. The standard InChI is InChI=1S/C15H28O/c1-2-3-4-5-6-7-8-9-10-11-12-13-14-15-16/h9-10,15H,2-8,11-14H2,1H3/b10-9-. The van der Waals surface area contributed by atoms with E-state index >= 15 is 0 Å². The van der Waals surface area contributed by atoms with Crippen LogP contribution in [0.15, 0.2) is 12.2 Å². The molecule has 0 unspecified atom stereocenters. The van der Waals surface area contributed by atoms with Crippen molar-refractivity contribution >= 4 is 6.29 Å². The molecule has 0 aliphatic heterocycles. The zero-order chi connectivity index (χ0) is 11.9. The molecule has 0 bridgehead atoms. The van der Waals surface area contributed by atoms with E-state index in [4.69, 9.17) is 0 Å². The second kappa shape index (κ2) is 14.4. The van der Waals surface area contributed by atoms with Crippen LogP contribution >= 0.6 is 0 Å². The predicted octanol–water partition coefficient (Wildman–Crippen LogP) is 5.05. The Bertz CT molecular complexity index is 161. The lowest BCUT2D eigenvalue weighted by atomic mass is 10.1. The van der Waals surface area contributed by atoms with Crippen LogP contribution < -0.4 is 0 Å². The summed E-state index contributed by atoms with van der Waals surface area (Å²) in [5.41, 5.74) is 0. The van der Waals surface area contributed by atoms with E-state index < -0.39 is 0 Å². The number of carbonyl (C=O) groups excluding carboxylic acids is 1. The van der Waals surface area contributed by atoms with Gasteiger partial charge in [0.2, 0.25) is 0 Å². The molecular weight excluding hydrogens is 196 g/mol. The molecule has 0 aromatic rings. The number of hydrogen-bond donors (Lipinski definition) is 0. The molecule has 0 fully saturated rings. The van der Waals surface area contributed by atoms with Gasteiger partial charge in [0.1, 0.15) is 6.29 Å². The summed E-state index contributed by atoms with van der Waals surface area (Å²) in [6.07, 6.45) is 19.2. The second-order valence-electron chi connectivity index (χ2n) is 4.48. The first-order valence-corrected chi connectivity index (χ1v) is 7.00. The Morgan fingerprint density at radius 3 is 1.81 bits per heavy atom. The minimum Gasteiger partial charge on any atom is -0.303 e. The first-order chi connectivity index (χ1) is 7.91. The fourth-order valence-electron chi connectivity index (χ4n) is 1.77. The lowest BCUT2D eigenvalue weighted by Crippen LogP contribution is -1.78. The van der Waals surface area contributed by atoms with Gasteiger partial charge in [0.25, 0.3) is 0 Å². The van der Waals surface area contributed by atoms with Crippen molar-refractivity contribution in [3.63, 3.8) is 0 Å². The normalized spacial score (nSPS) is 11.1. The molecule has 94 valence electrons. The number of allylic oxidation sites excluding steroid dienone is 2. The smallest absolute Gasteiger partial charge is 0.119 e. The number of rotatable bonds is 12. The Morgan fingerprint density at radius 2 is 1.19 bits per heavy atom. The molecule has 0 heterocycles. The van der Waals surface area contributed by atoms with Gasteiger partial charge < -0.3 is 4.79 Å². The number of carbonyl (C=O) groups is 1. The minimum absolute atomic E-state index is 0.727. The van der Waals surface area contributed by atoms with Gasteiger partial charge in [-0.05, 0) is 32.1 Å². The molecule has 0 radical (unpaired) electrons. The lowest BCUT2D eigenvalue weighted by molar-refractivity contribution is -0.107. The predicted molar refractivity (Wildman–Crippen MR) is 71.7 cm³/mol. The van der Waals surface area contributed by atoms with Gasteiger partial charge in [0, 0.05) is 6.42 Å². The Hall–Kier alpha value is -0.590. The van der Waals surface area contributed by atoms with Crippen molar-refractivity contribution in [1.82, 2.24) is 0 Å². The maximum Gasteiger partial charge on any atom is 0.119 e. The van der Waals surface area contributed by atoms with Crippen molar-refractivity contribution in [2.24, 2.45) is 0 Å². The molecule has 0 spiro atoms. The Labute approximate surface area is 101 Å². The van der Waals surface area contributed by atoms with Crippen LogP contribution in [0.25, 0.3) is 0 Å². The monoisotopic (exact) mass is 224 g/mol. The maximum atomic E-state index is 10.1. The highest BCUT2D eigenvalue weighted by atomic mass is 16.1. The lowest BCUT2D eigenvalue weighted by Gasteiger charge is -1.97. The summed E-state index contributed by atoms with van der Waals surface area (Å²) in [7, 11) is 0. The summed E-state index contributed by atoms with van der Waals surface area (Å²) >= 11 is 0. The highest BCUT2D eigenvalue weighted by Gasteiger charge is 1.88. The zero-order valence-electron chi connectivity index (χ0n) is 10.9. The number of unbranched alkanes of at least 4 members (excludes halogenated alkanes) is 9. The molecule has 0 rings (SSSR count). The SMILES string of the molecule is CCCCCCCC/C=C\CCCCC=O. The van der Waals surface area contributed by atoms with E-state index in [2.05, 4.69) is 19.1 Å². The average Bonchev–Trinajstić information content (AvgIpc) is 2.31. The van der Waals surface area contributed by atoms with E-state index in [0.717, 1.165) is 32.0 Å². The number of aldehydes is 1. The topological polar surface area (TPSA) is 17.1 Å². The van der Waals surface area contributed by atoms with Crippen molar-refractivity contribution in [3.05, 3.63) is 12.2 Å². The first-order valence-electron chi connectivity index (χ1n) is 7.00. The quantitative estimate of drug-likeness (QED) is 0.257. The molecule has 0 atom stereocenters. The van der Waals surface area contributed by atoms with Gasteiger partial charge >= 0.3 is 0 Å². The molecule has 0 saturated carbocycles. The molecule has 16 heavy (non-hydrogen) atoms. The fourth-order valence-corrected chi connectivity index (χ4v) is 1.77. The number of hydrogen-bond acceptors (Lipinski definition) is 1. The van der Waals surface area contributed by atoms with Gasteiger partial charge in [-0.25, -0.2) is 0 Å². The van der Waals surface area contributed by atoms with Crippen LogP contribution in [0.5, 0.6) is 0 Å². The van der Waals surface area contributed by atoms with Crippen molar-refractivity contribution in [2.75, 3.05) is 0 Å². The van der Waals surface area contributed by atoms with Gasteiger partial charge in [-0.15, -0.1) is 0 Å². The molecule has 0 saturated heterocycles. The summed E-state index contributed by atoms with van der Waals surface area (Å²) in [5, 5.41) is 0. The Balaban J connectivity index is 3.00. The van der Waals surface area contributed by atoms with Crippen LogP contribution in [0.2, 0.25) is 0 Å². The van der Waals surface area contributed by atoms with E-state index in [1.54, 1.807) is 0 Å².